The second-order valence-corrected chi connectivity index (χ2v) is 5.82. The van der Waals surface area contributed by atoms with E-state index in [-0.39, 0.29) is 5.69 Å². The smallest absolute Gasteiger partial charge is 0.280 e. The summed E-state index contributed by atoms with van der Waals surface area (Å²) in [6.45, 7) is 1.62. The minimum Gasteiger partial charge on any atom is -0.480 e. The van der Waals surface area contributed by atoms with Crippen molar-refractivity contribution < 1.29 is 14.5 Å². The van der Waals surface area contributed by atoms with E-state index in [0.717, 1.165) is 10.8 Å². The van der Waals surface area contributed by atoms with Crippen LogP contribution in [0.5, 0.6) is 5.75 Å². The minimum atomic E-state index is -0.766. The fourth-order valence-electron chi connectivity index (χ4n) is 2.52. The van der Waals surface area contributed by atoms with E-state index in [9.17, 15) is 14.9 Å². The van der Waals surface area contributed by atoms with Crippen molar-refractivity contribution in [2.75, 3.05) is 0 Å². The van der Waals surface area contributed by atoms with E-state index in [1.807, 2.05) is 36.4 Å². The predicted molar refractivity (Wildman–Crippen MR) is 103 cm³/mol. The number of hydrogen-bond acceptors (Lipinski definition) is 5. The molecule has 0 aliphatic heterocycles. The first-order valence-corrected chi connectivity index (χ1v) is 8.26. The Kier molecular flexibility index (Phi) is 5.41. The summed E-state index contributed by atoms with van der Waals surface area (Å²) in [4.78, 5) is 22.5. The minimum absolute atomic E-state index is 0.0436. The Labute approximate surface area is 155 Å². The van der Waals surface area contributed by atoms with Gasteiger partial charge in [0.15, 0.2) is 6.10 Å². The molecule has 3 aromatic rings. The Hall–Kier alpha value is -3.74. The lowest BCUT2D eigenvalue weighted by atomic mass is 10.1. The summed E-state index contributed by atoms with van der Waals surface area (Å²) in [5.41, 5.74) is 2.85. The summed E-state index contributed by atoms with van der Waals surface area (Å²) < 4.78 is 5.77. The van der Waals surface area contributed by atoms with Crippen LogP contribution >= 0.6 is 0 Å². The predicted octanol–water partition coefficient (Wildman–Crippen LogP) is 3.67. The number of benzene rings is 3. The van der Waals surface area contributed by atoms with Gasteiger partial charge in [0.2, 0.25) is 0 Å². The van der Waals surface area contributed by atoms with Crippen LogP contribution in [0.15, 0.2) is 71.8 Å². The first-order chi connectivity index (χ1) is 13.0. The molecule has 0 aliphatic carbocycles. The summed E-state index contributed by atoms with van der Waals surface area (Å²) in [6.07, 6.45) is 0.577. The van der Waals surface area contributed by atoms with Crippen LogP contribution in [0.25, 0.3) is 10.8 Å². The molecule has 0 bridgehead atoms. The Morgan fingerprint density at radius 3 is 2.70 bits per heavy atom. The van der Waals surface area contributed by atoms with Gasteiger partial charge in [0, 0.05) is 23.1 Å². The Balaban J connectivity index is 1.64. The molecule has 7 nitrogen and oxygen atoms in total. The molecule has 0 unspecified atom stereocenters. The van der Waals surface area contributed by atoms with Crippen LogP contribution < -0.4 is 10.2 Å². The second kappa shape index (κ2) is 8.09. The van der Waals surface area contributed by atoms with E-state index in [4.69, 9.17) is 4.74 Å². The highest BCUT2D eigenvalue weighted by atomic mass is 16.6. The molecule has 1 amide bonds. The Bertz CT molecular complexity index is 1010. The summed E-state index contributed by atoms with van der Waals surface area (Å²) in [6, 6.07) is 19.3. The zero-order chi connectivity index (χ0) is 19.2. The molecule has 1 atom stereocenters. The lowest BCUT2D eigenvalue weighted by molar-refractivity contribution is -0.384. The second-order valence-electron chi connectivity index (χ2n) is 5.82. The first-order valence-electron chi connectivity index (χ1n) is 8.26. The lowest BCUT2D eigenvalue weighted by Crippen LogP contribution is -2.33. The number of nitrogens with zero attached hydrogens (tertiary/aromatic N) is 2. The van der Waals surface area contributed by atoms with Crippen LogP contribution in [-0.4, -0.2) is 23.1 Å². The zero-order valence-corrected chi connectivity index (χ0v) is 14.5. The summed E-state index contributed by atoms with van der Waals surface area (Å²) in [7, 11) is 0. The number of nitrogens with one attached hydrogen (secondary N) is 1. The standard InChI is InChI=1S/C20H17N3O4/c1-14(27-19-11-5-8-16-7-2-3-10-18(16)19)20(24)22-21-13-15-6-4-9-17(12-15)23(25)26/h2-14H,1H3,(H,22,24)/b21-13-/t14-/m0/s1. The highest BCUT2D eigenvalue weighted by Gasteiger charge is 2.15. The zero-order valence-electron chi connectivity index (χ0n) is 14.5. The summed E-state index contributed by atoms with van der Waals surface area (Å²) in [5.74, 6) is 0.183. The number of carbonyl (C=O) groups is 1. The topological polar surface area (TPSA) is 93.8 Å². The summed E-state index contributed by atoms with van der Waals surface area (Å²) >= 11 is 0. The maximum absolute atomic E-state index is 12.2. The van der Waals surface area contributed by atoms with Gasteiger partial charge in [-0.1, -0.05) is 48.5 Å². The number of rotatable bonds is 6. The van der Waals surface area contributed by atoms with Crippen molar-refractivity contribution in [2.24, 2.45) is 5.10 Å². The molecular weight excluding hydrogens is 346 g/mol. The van der Waals surface area contributed by atoms with Crippen molar-refractivity contribution in [3.63, 3.8) is 0 Å². The van der Waals surface area contributed by atoms with Crippen molar-refractivity contribution in [1.29, 1.82) is 0 Å². The number of hydrazone groups is 1. The SMILES string of the molecule is C[C@H](Oc1cccc2ccccc12)C(=O)N/N=C\c1cccc([N+](=O)[O-])c1. The molecule has 7 heteroatoms. The largest absolute Gasteiger partial charge is 0.480 e. The van der Waals surface area contributed by atoms with E-state index in [1.54, 1.807) is 25.1 Å². The Morgan fingerprint density at radius 1 is 1.15 bits per heavy atom. The molecule has 0 aromatic heterocycles. The molecule has 0 saturated heterocycles. The molecule has 3 rings (SSSR count). The number of ether oxygens (including phenoxy) is 1. The molecule has 0 fully saturated rings. The summed E-state index contributed by atoms with van der Waals surface area (Å²) in [5, 5.41) is 16.5. The fourth-order valence-corrected chi connectivity index (χ4v) is 2.52. The van der Waals surface area contributed by atoms with Crippen LogP contribution in [0.3, 0.4) is 0 Å². The number of carbonyl (C=O) groups excluding carboxylic acids is 1. The average molecular weight is 363 g/mol. The monoisotopic (exact) mass is 363 g/mol. The van der Waals surface area contributed by atoms with E-state index in [0.29, 0.717) is 11.3 Å². The van der Waals surface area contributed by atoms with Crippen molar-refractivity contribution in [3.05, 3.63) is 82.4 Å². The highest BCUT2D eigenvalue weighted by Crippen LogP contribution is 2.26. The van der Waals surface area contributed by atoms with Gasteiger partial charge in [-0.05, 0) is 18.4 Å². The van der Waals surface area contributed by atoms with Crippen molar-refractivity contribution in [3.8, 4) is 5.75 Å². The third-order valence-electron chi connectivity index (χ3n) is 3.89. The highest BCUT2D eigenvalue weighted by molar-refractivity contribution is 5.89. The van der Waals surface area contributed by atoms with Crippen molar-refractivity contribution >= 4 is 28.6 Å². The lowest BCUT2D eigenvalue weighted by Gasteiger charge is -2.14. The number of amides is 1. The van der Waals surface area contributed by atoms with Gasteiger partial charge in [-0.3, -0.25) is 14.9 Å². The average Bonchev–Trinajstić information content (AvgIpc) is 2.68. The van der Waals surface area contributed by atoms with Crippen LogP contribution in [0.4, 0.5) is 5.69 Å². The van der Waals surface area contributed by atoms with Crippen LogP contribution in [0.1, 0.15) is 12.5 Å². The van der Waals surface area contributed by atoms with E-state index in [2.05, 4.69) is 10.5 Å². The fraction of sp³-hybridized carbons (Fsp3) is 0.100. The third-order valence-corrected chi connectivity index (χ3v) is 3.89. The molecule has 27 heavy (non-hydrogen) atoms. The number of fused-ring (bicyclic) bond motifs is 1. The number of hydrogen-bond donors (Lipinski definition) is 1. The number of non-ortho nitro benzene ring substituents is 1. The number of nitro groups is 1. The molecule has 0 spiro atoms. The molecule has 1 N–H and O–H groups in total. The molecule has 0 aliphatic rings. The quantitative estimate of drug-likeness (QED) is 0.411. The van der Waals surface area contributed by atoms with Gasteiger partial charge in [-0.2, -0.15) is 5.10 Å². The first kappa shape index (κ1) is 18.1. The van der Waals surface area contributed by atoms with Gasteiger partial charge in [0.25, 0.3) is 11.6 Å². The maximum Gasteiger partial charge on any atom is 0.280 e. The Morgan fingerprint density at radius 2 is 1.89 bits per heavy atom. The third kappa shape index (κ3) is 4.46. The normalized spacial score (nSPS) is 12.0. The van der Waals surface area contributed by atoms with Gasteiger partial charge in [-0.25, -0.2) is 5.43 Å². The number of nitro benzene ring substituents is 1. The molecule has 3 aromatic carbocycles. The van der Waals surface area contributed by atoms with E-state index < -0.39 is 16.9 Å². The molecule has 0 saturated carbocycles. The maximum atomic E-state index is 12.2. The molecule has 0 radical (unpaired) electrons. The van der Waals surface area contributed by atoms with Gasteiger partial charge < -0.3 is 4.74 Å². The van der Waals surface area contributed by atoms with Crippen LogP contribution in [0.2, 0.25) is 0 Å². The van der Waals surface area contributed by atoms with Crippen molar-refractivity contribution in [2.45, 2.75) is 13.0 Å². The van der Waals surface area contributed by atoms with E-state index >= 15 is 0 Å². The van der Waals surface area contributed by atoms with E-state index in [1.165, 1.54) is 18.3 Å². The van der Waals surface area contributed by atoms with Crippen LogP contribution in [0, 0.1) is 10.1 Å². The van der Waals surface area contributed by atoms with Gasteiger partial charge >= 0.3 is 0 Å². The van der Waals surface area contributed by atoms with Gasteiger partial charge in [-0.15, -0.1) is 0 Å². The molecule has 0 heterocycles. The molecular formula is C20H17N3O4. The van der Waals surface area contributed by atoms with Crippen molar-refractivity contribution in [1.82, 2.24) is 5.43 Å². The molecule has 136 valence electrons. The van der Waals surface area contributed by atoms with Crippen LogP contribution in [-0.2, 0) is 4.79 Å². The van der Waals surface area contributed by atoms with Gasteiger partial charge in [0.05, 0.1) is 11.1 Å². The van der Waals surface area contributed by atoms with Gasteiger partial charge in [0.1, 0.15) is 5.75 Å².